The first-order chi connectivity index (χ1) is 8.09. The van der Waals surface area contributed by atoms with E-state index in [9.17, 15) is 4.39 Å². The molecule has 1 nitrogen and oxygen atoms in total. The SMILES string of the molecule is NC(c1ccc(Cl)cc1)c1cccc(Br)c1F. The average Bonchev–Trinajstić information content (AvgIpc) is 2.33. The van der Waals surface area contributed by atoms with E-state index in [1.165, 1.54) is 0 Å². The molecular formula is C13H10BrClFN. The van der Waals surface area contributed by atoms with Crippen LogP contribution in [0.25, 0.3) is 0 Å². The van der Waals surface area contributed by atoms with Crippen LogP contribution in [0.3, 0.4) is 0 Å². The molecule has 0 bridgehead atoms. The van der Waals surface area contributed by atoms with Crippen molar-refractivity contribution in [3.8, 4) is 0 Å². The van der Waals surface area contributed by atoms with Crippen molar-refractivity contribution in [2.24, 2.45) is 5.73 Å². The fraction of sp³-hybridized carbons (Fsp3) is 0.0769. The van der Waals surface area contributed by atoms with E-state index in [1.807, 2.05) is 0 Å². The molecule has 2 aromatic rings. The van der Waals surface area contributed by atoms with Gasteiger partial charge in [0.15, 0.2) is 0 Å². The quantitative estimate of drug-likeness (QED) is 0.879. The molecule has 4 heteroatoms. The summed E-state index contributed by atoms with van der Waals surface area (Å²) in [5.74, 6) is -0.324. The van der Waals surface area contributed by atoms with Crippen molar-refractivity contribution in [2.75, 3.05) is 0 Å². The Morgan fingerprint density at radius 2 is 1.76 bits per heavy atom. The van der Waals surface area contributed by atoms with Gasteiger partial charge >= 0.3 is 0 Å². The standard InChI is InChI=1S/C13H10BrClFN/c14-11-3-1-2-10(12(11)16)13(17)8-4-6-9(15)7-5-8/h1-7,13H,17H2. The maximum atomic E-state index is 13.9. The fourth-order valence-electron chi connectivity index (χ4n) is 1.61. The van der Waals surface area contributed by atoms with Gasteiger partial charge in [0.25, 0.3) is 0 Å². The molecule has 0 aliphatic heterocycles. The first-order valence-electron chi connectivity index (χ1n) is 5.04. The second-order valence-corrected chi connectivity index (χ2v) is 4.96. The van der Waals surface area contributed by atoms with Gasteiger partial charge in [-0.1, -0.05) is 35.9 Å². The predicted molar refractivity (Wildman–Crippen MR) is 71.6 cm³/mol. The van der Waals surface area contributed by atoms with E-state index in [1.54, 1.807) is 42.5 Å². The summed E-state index contributed by atoms with van der Waals surface area (Å²) in [6.07, 6.45) is 0. The first kappa shape index (κ1) is 12.6. The minimum Gasteiger partial charge on any atom is -0.320 e. The predicted octanol–water partition coefficient (Wildman–Crippen LogP) is 4.29. The summed E-state index contributed by atoms with van der Waals surface area (Å²) in [6.45, 7) is 0. The number of hydrogen-bond acceptors (Lipinski definition) is 1. The van der Waals surface area contributed by atoms with Crippen molar-refractivity contribution in [2.45, 2.75) is 6.04 Å². The molecule has 0 aromatic heterocycles. The molecule has 2 aromatic carbocycles. The van der Waals surface area contributed by atoms with Gasteiger partial charge in [-0.3, -0.25) is 0 Å². The van der Waals surface area contributed by atoms with Gasteiger partial charge < -0.3 is 5.73 Å². The molecule has 0 heterocycles. The van der Waals surface area contributed by atoms with Gasteiger partial charge in [-0.25, -0.2) is 4.39 Å². The van der Waals surface area contributed by atoms with Crippen LogP contribution in [0.1, 0.15) is 17.2 Å². The smallest absolute Gasteiger partial charge is 0.142 e. The highest BCUT2D eigenvalue weighted by molar-refractivity contribution is 9.10. The highest BCUT2D eigenvalue weighted by atomic mass is 79.9. The molecule has 0 fully saturated rings. The number of rotatable bonds is 2. The monoisotopic (exact) mass is 313 g/mol. The van der Waals surface area contributed by atoms with Gasteiger partial charge in [-0.15, -0.1) is 0 Å². The molecule has 0 radical (unpaired) electrons. The molecule has 2 N–H and O–H groups in total. The average molecular weight is 315 g/mol. The molecule has 0 saturated carbocycles. The Bertz CT molecular complexity index is 527. The summed E-state index contributed by atoms with van der Waals surface area (Å²) in [4.78, 5) is 0. The molecule has 0 aliphatic carbocycles. The van der Waals surface area contributed by atoms with E-state index in [0.717, 1.165) is 5.56 Å². The Morgan fingerprint density at radius 3 is 2.41 bits per heavy atom. The zero-order valence-electron chi connectivity index (χ0n) is 8.83. The molecule has 0 amide bonds. The third kappa shape index (κ3) is 2.68. The second kappa shape index (κ2) is 5.17. The Hall–Kier alpha value is -0.900. The molecule has 1 atom stereocenters. The number of benzene rings is 2. The second-order valence-electron chi connectivity index (χ2n) is 3.67. The van der Waals surface area contributed by atoms with E-state index in [-0.39, 0.29) is 5.82 Å². The van der Waals surface area contributed by atoms with Crippen LogP contribution in [0.15, 0.2) is 46.9 Å². The lowest BCUT2D eigenvalue weighted by molar-refractivity contribution is 0.593. The van der Waals surface area contributed by atoms with Gasteiger partial charge in [0.1, 0.15) is 5.82 Å². The van der Waals surface area contributed by atoms with Crippen LogP contribution in [0, 0.1) is 5.82 Å². The van der Waals surface area contributed by atoms with E-state index >= 15 is 0 Å². The Labute approximate surface area is 113 Å². The first-order valence-corrected chi connectivity index (χ1v) is 6.21. The molecule has 17 heavy (non-hydrogen) atoms. The van der Waals surface area contributed by atoms with Crippen molar-refractivity contribution >= 4 is 27.5 Å². The van der Waals surface area contributed by atoms with Crippen LogP contribution in [0.2, 0.25) is 5.02 Å². The topological polar surface area (TPSA) is 26.0 Å². The van der Waals surface area contributed by atoms with E-state index in [2.05, 4.69) is 15.9 Å². The van der Waals surface area contributed by atoms with Crippen molar-refractivity contribution < 1.29 is 4.39 Å². The van der Waals surface area contributed by atoms with Crippen LogP contribution in [-0.2, 0) is 0 Å². The van der Waals surface area contributed by atoms with Gasteiger partial charge in [0.2, 0.25) is 0 Å². The minimum absolute atomic E-state index is 0.324. The van der Waals surface area contributed by atoms with Gasteiger partial charge in [-0.2, -0.15) is 0 Å². The summed E-state index contributed by atoms with van der Waals surface area (Å²) >= 11 is 8.94. The van der Waals surface area contributed by atoms with Crippen LogP contribution in [0.5, 0.6) is 0 Å². The number of hydrogen-bond donors (Lipinski definition) is 1. The Kier molecular flexibility index (Phi) is 3.82. The molecule has 88 valence electrons. The fourth-order valence-corrected chi connectivity index (χ4v) is 2.12. The lowest BCUT2D eigenvalue weighted by Crippen LogP contribution is -2.13. The Morgan fingerprint density at radius 1 is 1.12 bits per heavy atom. The van der Waals surface area contributed by atoms with Gasteiger partial charge in [0, 0.05) is 10.6 Å². The van der Waals surface area contributed by atoms with Crippen molar-refractivity contribution in [1.82, 2.24) is 0 Å². The van der Waals surface area contributed by atoms with Crippen molar-refractivity contribution in [3.05, 3.63) is 68.9 Å². The van der Waals surface area contributed by atoms with E-state index < -0.39 is 6.04 Å². The normalized spacial score (nSPS) is 12.5. The van der Waals surface area contributed by atoms with E-state index in [0.29, 0.717) is 15.1 Å². The molecule has 0 spiro atoms. The highest BCUT2D eigenvalue weighted by Crippen LogP contribution is 2.27. The third-order valence-corrected chi connectivity index (χ3v) is 3.41. The molecule has 0 aliphatic rings. The summed E-state index contributed by atoms with van der Waals surface area (Å²) in [5, 5.41) is 0.635. The number of halogens is 3. The number of nitrogens with two attached hydrogens (primary N) is 1. The van der Waals surface area contributed by atoms with Crippen LogP contribution < -0.4 is 5.73 Å². The van der Waals surface area contributed by atoms with Crippen LogP contribution >= 0.6 is 27.5 Å². The zero-order valence-corrected chi connectivity index (χ0v) is 11.2. The molecule has 0 saturated heterocycles. The summed E-state index contributed by atoms with van der Waals surface area (Å²) in [5.41, 5.74) is 7.32. The molecular weight excluding hydrogens is 305 g/mol. The lowest BCUT2D eigenvalue weighted by Gasteiger charge is -2.14. The summed E-state index contributed by atoms with van der Waals surface area (Å²) in [7, 11) is 0. The lowest BCUT2D eigenvalue weighted by atomic mass is 9.99. The van der Waals surface area contributed by atoms with Crippen LogP contribution in [0.4, 0.5) is 4.39 Å². The Balaban J connectivity index is 2.40. The largest absolute Gasteiger partial charge is 0.320 e. The van der Waals surface area contributed by atoms with Crippen molar-refractivity contribution in [3.63, 3.8) is 0 Å². The third-order valence-electron chi connectivity index (χ3n) is 2.55. The maximum absolute atomic E-state index is 13.9. The minimum atomic E-state index is -0.496. The van der Waals surface area contributed by atoms with Gasteiger partial charge in [-0.05, 0) is 39.7 Å². The summed E-state index contributed by atoms with van der Waals surface area (Å²) < 4.78 is 14.3. The van der Waals surface area contributed by atoms with Crippen LogP contribution in [-0.4, -0.2) is 0 Å². The molecule has 1 unspecified atom stereocenters. The summed E-state index contributed by atoms with van der Waals surface area (Å²) in [6, 6.07) is 11.7. The van der Waals surface area contributed by atoms with Crippen molar-refractivity contribution in [1.29, 1.82) is 0 Å². The molecule has 2 rings (SSSR count). The highest BCUT2D eigenvalue weighted by Gasteiger charge is 2.15. The zero-order chi connectivity index (χ0) is 12.4. The van der Waals surface area contributed by atoms with E-state index in [4.69, 9.17) is 17.3 Å². The van der Waals surface area contributed by atoms with Gasteiger partial charge in [0.05, 0.1) is 10.5 Å². The maximum Gasteiger partial charge on any atom is 0.142 e.